The van der Waals surface area contributed by atoms with Gasteiger partial charge in [-0.05, 0) is 69.0 Å². The van der Waals surface area contributed by atoms with Crippen molar-refractivity contribution in [3.8, 4) is 11.5 Å². The van der Waals surface area contributed by atoms with Gasteiger partial charge < -0.3 is 9.32 Å². The summed E-state index contributed by atoms with van der Waals surface area (Å²) >= 11 is 0. The third kappa shape index (κ3) is 3.21. The number of carbonyl (C=O) groups is 1. The monoisotopic (exact) mass is 418 g/mol. The zero-order valence-electron chi connectivity index (χ0n) is 17.7. The summed E-state index contributed by atoms with van der Waals surface area (Å²) in [5.74, 6) is -0.0574. The molecule has 0 spiro atoms. The fraction of sp³-hybridized carbons (Fsp3) is 0.292. The molecule has 31 heavy (non-hydrogen) atoms. The highest BCUT2D eigenvalue weighted by Gasteiger charge is 2.29. The molecule has 4 heterocycles. The van der Waals surface area contributed by atoms with E-state index in [0.29, 0.717) is 40.3 Å². The van der Waals surface area contributed by atoms with Crippen molar-refractivity contribution < 1.29 is 13.6 Å². The van der Waals surface area contributed by atoms with Crippen molar-refractivity contribution in [1.29, 1.82) is 0 Å². The lowest BCUT2D eigenvalue weighted by atomic mass is 9.98. The average molecular weight is 418 g/mol. The van der Waals surface area contributed by atoms with E-state index in [0.717, 1.165) is 24.0 Å². The largest absolute Gasteiger partial charge is 0.463 e. The van der Waals surface area contributed by atoms with E-state index >= 15 is 0 Å². The zero-order chi connectivity index (χ0) is 21.7. The Bertz CT molecular complexity index is 1290. The van der Waals surface area contributed by atoms with Crippen molar-refractivity contribution >= 4 is 22.6 Å². The van der Waals surface area contributed by atoms with Crippen LogP contribution in [-0.2, 0) is 6.42 Å². The SMILES string of the molecule is Cc1cc(F)c2c(c1)CCCN2C(=O)c1cc(-c2ccco2)nc2c1cnn2C(C)C. The molecular formula is C24H23FN4O2. The van der Waals surface area contributed by atoms with E-state index in [2.05, 4.69) is 5.10 Å². The van der Waals surface area contributed by atoms with Gasteiger partial charge in [0.2, 0.25) is 0 Å². The number of benzene rings is 1. The van der Waals surface area contributed by atoms with Crippen molar-refractivity contribution in [1.82, 2.24) is 14.8 Å². The highest BCUT2D eigenvalue weighted by Crippen LogP contribution is 2.34. The molecule has 0 aliphatic carbocycles. The first kappa shape index (κ1) is 19.5. The Labute approximate surface area is 179 Å². The number of nitrogens with zero attached hydrogens (tertiary/aromatic N) is 4. The third-order valence-corrected chi connectivity index (χ3v) is 5.69. The Morgan fingerprint density at radius 3 is 2.84 bits per heavy atom. The zero-order valence-corrected chi connectivity index (χ0v) is 17.7. The first-order chi connectivity index (χ1) is 14.9. The summed E-state index contributed by atoms with van der Waals surface area (Å²) in [5, 5.41) is 5.10. The number of aryl methyl sites for hydroxylation is 2. The van der Waals surface area contributed by atoms with Gasteiger partial charge >= 0.3 is 0 Å². The Morgan fingerprint density at radius 1 is 1.26 bits per heavy atom. The fourth-order valence-corrected chi connectivity index (χ4v) is 4.31. The summed E-state index contributed by atoms with van der Waals surface area (Å²) < 4.78 is 22.3. The van der Waals surface area contributed by atoms with E-state index < -0.39 is 0 Å². The maximum absolute atomic E-state index is 14.9. The Hall–Kier alpha value is -3.48. The van der Waals surface area contributed by atoms with Crippen LogP contribution in [0.5, 0.6) is 0 Å². The number of carbonyl (C=O) groups excluding carboxylic acids is 1. The van der Waals surface area contributed by atoms with Crippen molar-refractivity contribution in [2.45, 2.75) is 39.7 Å². The molecule has 1 aliphatic rings. The molecule has 1 aromatic carbocycles. The van der Waals surface area contributed by atoms with Gasteiger partial charge in [0.25, 0.3) is 5.91 Å². The minimum atomic E-state index is -0.363. The van der Waals surface area contributed by atoms with Gasteiger partial charge in [0, 0.05) is 12.6 Å². The van der Waals surface area contributed by atoms with Gasteiger partial charge in [-0.25, -0.2) is 14.1 Å². The predicted molar refractivity (Wildman–Crippen MR) is 117 cm³/mol. The van der Waals surface area contributed by atoms with Crippen LogP contribution in [0.3, 0.4) is 0 Å². The third-order valence-electron chi connectivity index (χ3n) is 5.69. The number of amides is 1. The Balaban J connectivity index is 1.70. The molecule has 158 valence electrons. The summed E-state index contributed by atoms with van der Waals surface area (Å²) in [5.41, 5.74) is 3.69. The van der Waals surface area contributed by atoms with Crippen LogP contribution in [0.1, 0.15) is 47.8 Å². The van der Waals surface area contributed by atoms with Crippen LogP contribution in [0.4, 0.5) is 10.1 Å². The number of anilines is 1. The molecule has 0 radical (unpaired) electrons. The highest BCUT2D eigenvalue weighted by molar-refractivity contribution is 6.14. The topological polar surface area (TPSA) is 64.2 Å². The number of aromatic nitrogens is 3. The van der Waals surface area contributed by atoms with E-state index in [-0.39, 0.29) is 17.8 Å². The molecule has 1 aliphatic heterocycles. The predicted octanol–water partition coefficient (Wildman–Crippen LogP) is 5.31. The van der Waals surface area contributed by atoms with E-state index in [1.165, 1.54) is 6.07 Å². The minimum Gasteiger partial charge on any atom is -0.463 e. The van der Waals surface area contributed by atoms with E-state index in [9.17, 15) is 9.18 Å². The van der Waals surface area contributed by atoms with Crippen LogP contribution < -0.4 is 4.90 Å². The first-order valence-electron chi connectivity index (χ1n) is 10.5. The molecule has 6 nitrogen and oxygen atoms in total. The first-order valence-corrected chi connectivity index (χ1v) is 10.5. The van der Waals surface area contributed by atoms with Gasteiger partial charge in [-0.2, -0.15) is 5.10 Å². The molecule has 0 unspecified atom stereocenters. The van der Waals surface area contributed by atoms with Crippen molar-refractivity contribution in [2.75, 3.05) is 11.4 Å². The number of fused-ring (bicyclic) bond motifs is 2. The van der Waals surface area contributed by atoms with Crippen molar-refractivity contribution in [3.63, 3.8) is 0 Å². The molecule has 5 rings (SSSR count). The van der Waals surface area contributed by atoms with Gasteiger partial charge in [0.15, 0.2) is 11.4 Å². The van der Waals surface area contributed by atoms with Crippen LogP contribution >= 0.6 is 0 Å². The summed E-state index contributed by atoms with van der Waals surface area (Å²) in [7, 11) is 0. The molecular weight excluding hydrogens is 395 g/mol. The van der Waals surface area contributed by atoms with Crippen LogP contribution in [0.15, 0.2) is 47.2 Å². The molecule has 4 aromatic rings. The second-order valence-electron chi connectivity index (χ2n) is 8.27. The Kier molecular flexibility index (Phi) is 4.61. The molecule has 0 N–H and O–H groups in total. The number of pyridine rings is 1. The van der Waals surface area contributed by atoms with Gasteiger partial charge in [-0.15, -0.1) is 0 Å². The molecule has 0 bridgehead atoms. The molecule has 0 atom stereocenters. The van der Waals surface area contributed by atoms with Crippen LogP contribution in [-0.4, -0.2) is 27.2 Å². The number of rotatable bonds is 3. The minimum absolute atomic E-state index is 0.0657. The molecule has 0 saturated heterocycles. The molecule has 7 heteroatoms. The average Bonchev–Trinajstić information content (AvgIpc) is 3.41. The highest BCUT2D eigenvalue weighted by atomic mass is 19.1. The van der Waals surface area contributed by atoms with Gasteiger partial charge in [-0.3, -0.25) is 4.79 Å². The van der Waals surface area contributed by atoms with Gasteiger partial charge in [0.05, 0.1) is 29.1 Å². The number of furan rings is 1. The van der Waals surface area contributed by atoms with E-state index in [1.807, 2.05) is 26.8 Å². The molecule has 0 fully saturated rings. The van der Waals surface area contributed by atoms with Crippen LogP contribution in [0.25, 0.3) is 22.5 Å². The van der Waals surface area contributed by atoms with Gasteiger partial charge in [0.1, 0.15) is 11.5 Å². The van der Waals surface area contributed by atoms with E-state index in [4.69, 9.17) is 9.40 Å². The van der Waals surface area contributed by atoms with Crippen molar-refractivity contribution in [3.05, 3.63) is 65.3 Å². The lowest BCUT2D eigenvalue weighted by Crippen LogP contribution is -2.36. The summed E-state index contributed by atoms with van der Waals surface area (Å²) in [4.78, 5) is 20.1. The smallest absolute Gasteiger partial charge is 0.259 e. The maximum Gasteiger partial charge on any atom is 0.259 e. The van der Waals surface area contributed by atoms with Gasteiger partial charge in [-0.1, -0.05) is 6.07 Å². The quantitative estimate of drug-likeness (QED) is 0.452. The molecule has 3 aromatic heterocycles. The Morgan fingerprint density at radius 2 is 2.10 bits per heavy atom. The number of hydrogen-bond donors (Lipinski definition) is 0. The molecule has 1 amide bonds. The second-order valence-corrected chi connectivity index (χ2v) is 8.27. The van der Waals surface area contributed by atoms with E-state index in [1.54, 1.807) is 40.2 Å². The summed E-state index contributed by atoms with van der Waals surface area (Å²) in [6.45, 7) is 6.35. The fourth-order valence-electron chi connectivity index (χ4n) is 4.31. The summed E-state index contributed by atoms with van der Waals surface area (Å²) in [6, 6.07) is 8.81. The van der Waals surface area contributed by atoms with Crippen LogP contribution in [0.2, 0.25) is 0 Å². The van der Waals surface area contributed by atoms with Crippen molar-refractivity contribution in [2.24, 2.45) is 0 Å². The maximum atomic E-state index is 14.9. The van der Waals surface area contributed by atoms with Crippen LogP contribution in [0, 0.1) is 12.7 Å². The number of halogens is 1. The molecule has 0 saturated carbocycles. The normalized spacial score (nSPS) is 13.8. The standard InChI is InChI=1S/C24H23FN4O2/c1-14(2)29-23-18(13-26-29)17(12-20(27-23)21-7-5-9-31-21)24(30)28-8-4-6-16-10-15(3)11-19(25)22(16)28/h5,7,9-14H,4,6,8H2,1-3H3. The number of hydrogen-bond acceptors (Lipinski definition) is 4. The lowest BCUT2D eigenvalue weighted by molar-refractivity contribution is 0.0985. The summed E-state index contributed by atoms with van der Waals surface area (Å²) in [6.07, 6.45) is 4.78. The second kappa shape index (κ2) is 7.34. The lowest BCUT2D eigenvalue weighted by Gasteiger charge is -2.30.